The molecule has 2 aromatic rings. The number of benzene rings is 1. The third-order valence-corrected chi connectivity index (χ3v) is 3.07. The van der Waals surface area contributed by atoms with Crippen molar-refractivity contribution >= 4 is 11.8 Å². The van der Waals surface area contributed by atoms with Crippen molar-refractivity contribution < 1.29 is 14.3 Å². The van der Waals surface area contributed by atoms with Crippen molar-refractivity contribution in [3.8, 4) is 0 Å². The zero-order valence-electron chi connectivity index (χ0n) is 11.1. The minimum atomic E-state index is -1.30. The Kier molecular flexibility index (Phi) is 4.30. The van der Waals surface area contributed by atoms with E-state index in [1.165, 1.54) is 6.20 Å². The zero-order chi connectivity index (χ0) is 14.5. The molecule has 2 rings (SSSR count). The number of nitrogens with one attached hydrogen (secondary N) is 1. The number of carbonyl (C=O) groups is 1. The summed E-state index contributed by atoms with van der Waals surface area (Å²) in [5.41, 5.74) is 1.82. The molecule has 0 aliphatic rings. The number of pyridine rings is 1. The van der Waals surface area contributed by atoms with E-state index in [1.807, 2.05) is 31.2 Å². The minimum absolute atomic E-state index is 0.0455. The normalized spacial score (nSPS) is 10.3. The maximum atomic E-state index is 13.9. The fourth-order valence-electron chi connectivity index (χ4n) is 1.99. The number of hydrogen-bond acceptors (Lipinski definition) is 3. The van der Waals surface area contributed by atoms with E-state index < -0.39 is 11.8 Å². The molecule has 0 bridgehead atoms. The van der Waals surface area contributed by atoms with E-state index in [-0.39, 0.29) is 11.4 Å². The summed E-state index contributed by atoms with van der Waals surface area (Å²) in [4.78, 5) is 14.7. The lowest BCUT2D eigenvalue weighted by molar-refractivity contribution is 0.0692. The number of hydrogen-bond donors (Lipinski definition) is 2. The van der Waals surface area contributed by atoms with Crippen molar-refractivity contribution in [1.82, 2.24) is 4.98 Å². The lowest BCUT2D eigenvalue weighted by atomic mass is 10.1. The molecule has 104 valence electrons. The van der Waals surface area contributed by atoms with Crippen molar-refractivity contribution in [2.75, 3.05) is 5.32 Å². The number of aromatic carboxylic acids is 1. The average molecular weight is 274 g/mol. The first-order valence-corrected chi connectivity index (χ1v) is 6.32. The summed E-state index contributed by atoms with van der Waals surface area (Å²) in [6, 6.07) is 8.96. The predicted molar refractivity (Wildman–Crippen MR) is 74.3 cm³/mol. The Morgan fingerprint density at radius 2 is 2.00 bits per heavy atom. The molecule has 0 saturated heterocycles. The van der Waals surface area contributed by atoms with Crippen LogP contribution in [0.5, 0.6) is 0 Å². The maximum Gasteiger partial charge on any atom is 0.338 e. The highest BCUT2D eigenvalue weighted by Crippen LogP contribution is 2.17. The first-order valence-electron chi connectivity index (χ1n) is 6.32. The van der Waals surface area contributed by atoms with Gasteiger partial charge in [0.1, 0.15) is 5.56 Å². The van der Waals surface area contributed by atoms with Crippen LogP contribution in [0.4, 0.5) is 10.2 Å². The van der Waals surface area contributed by atoms with Gasteiger partial charge < -0.3 is 10.4 Å². The van der Waals surface area contributed by atoms with E-state index >= 15 is 0 Å². The SMILES string of the molecule is CCc1ccccc1CNc1nccc(C(=O)O)c1F. The van der Waals surface area contributed by atoms with Gasteiger partial charge in [0.05, 0.1) is 0 Å². The number of halogens is 1. The molecule has 0 saturated carbocycles. The number of carboxylic acids is 1. The zero-order valence-corrected chi connectivity index (χ0v) is 11.1. The molecule has 20 heavy (non-hydrogen) atoms. The van der Waals surface area contributed by atoms with Crippen LogP contribution in [-0.2, 0) is 13.0 Å². The summed E-state index contributed by atoms with van der Waals surface area (Å²) in [6.07, 6.45) is 2.16. The van der Waals surface area contributed by atoms with Gasteiger partial charge in [-0.05, 0) is 23.6 Å². The standard InChI is InChI=1S/C15H15FN2O2/c1-2-10-5-3-4-6-11(10)9-18-14-13(16)12(15(19)20)7-8-17-14/h3-8H,2,9H2,1H3,(H,17,18)(H,19,20). The molecular formula is C15H15FN2O2. The van der Waals surface area contributed by atoms with Gasteiger partial charge in [-0.15, -0.1) is 0 Å². The van der Waals surface area contributed by atoms with Crippen LogP contribution in [0.15, 0.2) is 36.5 Å². The van der Waals surface area contributed by atoms with Gasteiger partial charge in [-0.25, -0.2) is 14.2 Å². The van der Waals surface area contributed by atoms with Crippen LogP contribution in [0.3, 0.4) is 0 Å². The second kappa shape index (κ2) is 6.14. The molecule has 0 atom stereocenters. The molecule has 2 N–H and O–H groups in total. The third-order valence-electron chi connectivity index (χ3n) is 3.07. The van der Waals surface area contributed by atoms with Crippen LogP contribution in [0.2, 0.25) is 0 Å². The van der Waals surface area contributed by atoms with Crippen molar-refractivity contribution in [2.24, 2.45) is 0 Å². The number of anilines is 1. The molecule has 1 heterocycles. The van der Waals surface area contributed by atoms with Gasteiger partial charge in [-0.3, -0.25) is 0 Å². The Labute approximate surface area is 116 Å². The molecule has 0 aliphatic heterocycles. The third kappa shape index (κ3) is 2.93. The molecular weight excluding hydrogens is 259 g/mol. The molecule has 5 heteroatoms. The van der Waals surface area contributed by atoms with Gasteiger partial charge in [0.2, 0.25) is 0 Å². The molecule has 1 aromatic carbocycles. The fourth-order valence-corrected chi connectivity index (χ4v) is 1.99. The van der Waals surface area contributed by atoms with Gasteiger partial charge in [0, 0.05) is 12.7 Å². The van der Waals surface area contributed by atoms with E-state index in [1.54, 1.807) is 0 Å². The van der Waals surface area contributed by atoms with E-state index in [4.69, 9.17) is 5.11 Å². The summed E-state index contributed by atoms with van der Waals surface area (Å²) in [6.45, 7) is 2.44. The van der Waals surface area contributed by atoms with Crippen molar-refractivity contribution in [2.45, 2.75) is 19.9 Å². The number of rotatable bonds is 5. The molecule has 0 fully saturated rings. The van der Waals surface area contributed by atoms with Crippen LogP contribution in [0.1, 0.15) is 28.4 Å². The van der Waals surface area contributed by atoms with Crippen molar-refractivity contribution in [3.05, 3.63) is 59.0 Å². The first kappa shape index (κ1) is 14.0. The molecule has 1 aromatic heterocycles. The Hall–Kier alpha value is -2.43. The second-order valence-corrected chi connectivity index (χ2v) is 4.30. The number of aryl methyl sites for hydroxylation is 1. The van der Waals surface area contributed by atoms with E-state index in [9.17, 15) is 9.18 Å². The van der Waals surface area contributed by atoms with E-state index in [0.717, 1.165) is 23.6 Å². The summed E-state index contributed by atoms with van der Waals surface area (Å²) in [7, 11) is 0. The topological polar surface area (TPSA) is 62.2 Å². The summed E-state index contributed by atoms with van der Waals surface area (Å²) < 4.78 is 13.9. The highest BCUT2D eigenvalue weighted by molar-refractivity contribution is 5.88. The average Bonchev–Trinajstić information content (AvgIpc) is 2.46. The quantitative estimate of drug-likeness (QED) is 0.879. The number of aromatic nitrogens is 1. The first-order chi connectivity index (χ1) is 9.63. The highest BCUT2D eigenvalue weighted by atomic mass is 19.1. The van der Waals surface area contributed by atoms with Crippen LogP contribution >= 0.6 is 0 Å². The Bertz CT molecular complexity index is 629. The Morgan fingerprint density at radius 1 is 1.30 bits per heavy atom. The summed E-state index contributed by atoms with van der Waals surface area (Å²) in [5.74, 6) is -2.19. The van der Waals surface area contributed by atoms with Gasteiger partial charge in [0.15, 0.2) is 11.6 Å². The molecule has 4 nitrogen and oxygen atoms in total. The fraction of sp³-hybridized carbons (Fsp3) is 0.200. The van der Waals surface area contributed by atoms with Gasteiger partial charge >= 0.3 is 5.97 Å². The predicted octanol–water partition coefficient (Wildman–Crippen LogP) is 3.09. The van der Waals surface area contributed by atoms with E-state index in [2.05, 4.69) is 10.3 Å². The van der Waals surface area contributed by atoms with Gasteiger partial charge in [-0.2, -0.15) is 0 Å². The monoisotopic (exact) mass is 274 g/mol. The van der Waals surface area contributed by atoms with Crippen LogP contribution in [0, 0.1) is 5.82 Å². The smallest absolute Gasteiger partial charge is 0.338 e. The molecule has 0 spiro atoms. The summed E-state index contributed by atoms with van der Waals surface area (Å²) in [5, 5.41) is 11.7. The van der Waals surface area contributed by atoms with Crippen LogP contribution < -0.4 is 5.32 Å². The lowest BCUT2D eigenvalue weighted by Gasteiger charge is -2.11. The Balaban J connectivity index is 2.19. The Morgan fingerprint density at radius 3 is 2.65 bits per heavy atom. The second-order valence-electron chi connectivity index (χ2n) is 4.30. The highest BCUT2D eigenvalue weighted by Gasteiger charge is 2.14. The van der Waals surface area contributed by atoms with Crippen molar-refractivity contribution in [1.29, 1.82) is 0 Å². The van der Waals surface area contributed by atoms with Crippen molar-refractivity contribution in [3.63, 3.8) is 0 Å². The molecule has 0 aliphatic carbocycles. The minimum Gasteiger partial charge on any atom is -0.478 e. The largest absolute Gasteiger partial charge is 0.478 e. The molecule has 0 radical (unpaired) electrons. The van der Waals surface area contributed by atoms with Gasteiger partial charge in [0.25, 0.3) is 0 Å². The van der Waals surface area contributed by atoms with Gasteiger partial charge in [-0.1, -0.05) is 31.2 Å². The maximum absolute atomic E-state index is 13.9. The molecule has 0 unspecified atom stereocenters. The number of nitrogens with zero attached hydrogens (tertiary/aromatic N) is 1. The van der Waals surface area contributed by atoms with Crippen LogP contribution in [0.25, 0.3) is 0 Å². The van der Waals surface area contributed by atoms with Crippen LogP contribution in [-0.4, -0.2) is 16.1 Å². The van der Waals surface area contributed by atoms with E-state index in [0.29, 0.717) is 6.54 Å². The lowest BCUT2D eigenvalue weighted by Crippen LogP contribution is -2.09. The molecule has 0 amide bonds. The summed E-state index contributed by atoms with van der Waals surface area (Å²) >= 11 is 0. The number of carboxylic acid groups (broad SMARTS) is 1.